The lowest BCUT2D eigenvalue weighted by Crippen LogP contribution is -2.25. The van der Waals surface area contributed by atoms with E-state index in [1.165, 1.54) is 4.68 Å². The monoisotopic (exact) mass is 677 g/mol. The molecule has 0 fully saturated rings. The Hall–Kier alpha value is -1.40. The fraction of sp³-hybridized carbons (Fsp3) is 0.440. The van der Waals surface area contributed by atoms with Gasteiger partial charge in [-0.25, -0.2) is 4.68 Å². The summed E-state index contributed by atoms with van der Waals surface area (Å²) in [6.07, 6.45) is -0.792. The van der Waals surface area contributed by atoms with Crippen molar-refractivity contribution >= 4 is 50.1 Å². The largest absolute Gasteiger partial charge is 0.492 e. The summed E-state index contributed by atoms with van der Waals surface area (Å²) in [5.74, 6) is 2.31. The summed E-state index contributed by atoms with van der Waals surface area (Å²) in [5.41, 5.74) is 2.61. The molecule has 0 aliphatic heterocycles. The van der Waals surface area contributed by atoms with Gasteiger partial charge in [-0.1, -0.05) is 44.2 Å². The van der Waals surface area contributed by atoms with Crippen LogP contribution < -0.4 is 9.47 Å². The van der Waals surface area contributed by atoms with E-state index >= 15 is 0 Å². The van der Waals surface area contributed by atoms with Crippen molar-refractivity contribution in [3.05, 3.63) is 67.5 Å². The minimum atomic E-state index is -0.792. The highest BCUT2D eigenvalue weighted by atomic mass is 127. The topological polar surface area (TPSA) is 89.6 Å². The maximum Gasteiger partial charge on any atom is 0.149 e. The highest BCUT2D eigenvalue weighted by molar-refractivity contribution is 14.1. The number of aromatic nitrogens is 3. The van der Waals surface area contributed by atoms with Crippen molar-refractivity contribution in [1.29, 1.82) is 0 Å². The Morgan fingerprint density at radius 1 is 1.11 bits per heavy atom. The molecule has 0 unspecified atom stereocenters. The van der Waals surface area contributed by atoms with E-state index in [1.54, 1.807) is 0 Å². The molecule has 0 spiro atoms. The van der Waals surface area contributed by atoms with Gasteiger partial charge >= 0.3 is 0 Å². The van der Waals surface area contributed by atoms with E-state index in [9.17, 15) is 10.2 Å². The van der Waals surface area contributed by atoms with Gasteiger partial charge in [0.1, 0.15) is 27.9 Å². The third kappa shape index (κ3) is 7.31. The van der Waals surface area contributed by atoms with Crippen molar-refractivity contribution in [3.8, 4) is 11.5 Å². The second-order valence-corrected chi connectivity index (χ2v) is 11.2. The number of rotatable bonds is 12. The Labute approximate surface area is 233 Å². The molecule has 2 aromatic carbocycles. The summed E-state index contributed by atoms with van der Waals surface area (Å²) >= 11 is 11.5. The lowest BCUT2D eigenvalue weighted by molar-refractivity contribution is 0.0866. The zero-order valence-corrected chi connectivity index (χ0v) is 24.4. The van der Waals surface area contributed by atoms with Crippen LogP contribution in [0.15, 0.2) is 46.9 Å². The molecule has 0 saturated carbocycles. The van der Waals surface area contributed by atoms with Gasteiger partial charge in [-0.05, 0) is 73.9 Å². The van der Waals surface area contributed by atoms with Crippen LogP contribution in [0.1, 0.15) is 37.6 Å². The van der Waals surface area contributed by atoms with Crippen LogP contribution in [0.25, 0.3) is 0 Å². The lowest BCUT2D eigenvalue weighted by atomic mass is 9.78. The highest BCUT2D eigenvalue weighted by Crippen LogP contribution is 2.36. The molecule has 190 valence electrons. The van der Waals surface area contributed by atoms with Crippen molar-refractivity contribution in [2.75, 3.05) is 19.1 Å². The van der Waals surface area contributed by atoms with Crippen LogP contribution in [-0.2, 0) is 18.6 Å². The van der Waals surface area contributed by atoms with E-state index in [2.05, 4.69) is 59.1 Å². The van der Waals surface area contributed by atoms with E-state index in [4.69, 9.17) is 21.1 Å². The maximum atomic E-state index is 10.3. The molecule has 3 rings (SSSR count). The number of aliphatic hydroxyl groups is 2. The molecule has 0 aliphatic carbocycles. The molecular formula is C25H30BrClIN3O4. The van der Waals surface area contributed by atoms with Gasteiger partial charge in [0, 0.05) is 17.2 Å². The van der Waals surface area contributed by atoms with Crippen LogP contribution in [0, 0.1) is 9.62 Å². The standard InChI is InChI=1S/C25H30BrClIN3O4/c1-16(11-27)14-35-23-9-6-18(10-21(23)26)25(2,3)17-4-7-20(8-5-17)34-15-19(33)12-31-22(13-32)24(28)29-30-31/h4-10,16,19,32-33H,11-15H2,1-3H3/t16-,19-/m0/s1. The van der Waals surface area contributed by atoms with Gasteiger partial charge in [-0.15, -0.1) is 16.7 Å². The Kier molecular flexibility index (Phi) is 10.2. The number of halogens is 3. The van der Waals surface area contributed by atoms with Gasteiger partial charge in [0.05, 0.1) is 29.9 Å². The summed E-state index contributed by atoms with van der Waals surface area (Å²) in [6.45, 7) is 7.07. The first kappa shape index (κ1) is 28.2. The van der Waals surface area contributed by atoms with Crippen molar-refractivity contribution in [3.63, 3.8) is 0 Å². The Bertz CT molecular complexity index is 1110. The highest BCUT2D eigenvalue weighted by Gasteiger charge is 2.24. The van der Waals surface area contributed by atoms with Crippen LogP contribution in [0.5, 0.6) is 11.5 Å². The molecule has 0 radical (unpaired) electrons. The van der Waals surface area contributed by atoms with Gasteiger partial charge in [-0.3, -0.25) is 0 Å². The molecule has 0 amide bonds. The quantitative estimate of drug-likeness (QED) is 0.204. The summed E-state index contributed by atoms with van der Waals surface area (Å²) < 4.78 is 14.7. The maximum absolute atomic E-state index is 10.3. The molecule has 0 aliphatic rings. The van der Waals surface area contributed by atoms with E-state index in [0.29, 0.717) is 27.6 Å². The molecule has 35 heavy (non-hydrogen) atoms. The van der Waals surface area contributed by atoms with E-state index in [-0.39, 0.29) is 31.1 Å². The Morgan fingerprint density at radius 3 is 2.43 bits per heavy atom. The minimum Gasteiger partial charge on any atom is -0.492 e. The second-order valence-electron chi connectivity index (χ2n) is 9.00. The van der Waals surface area contributed by atoms with Crippen LogP contribution in [0.4, 0.5) is 0 Å². The molecule has 1 aromatic heterocycles. The van der Waals surface area contributed by atoms with E-state index in [0.717, 1.165) is 21.3 Å². The van der Waals surface area contributed by atoms with Gasteiger partial charge in [-0.2, -0.15) is 0 Å². The van der Waals surface area contributed by atoms with Gasteiger partial charge in [0.25, 0.3) is 0 Å². The summed E-state index contributed by atoms with van der Waals surface area (Å²) in [4.78, 5) is 0. The van der Waals surface area contributed by atoms with Crippen molar-refractivity contribution < 1.29 is 19.7 Å². The minimum absolute atomic E-state index is 0.0980. The zero-order valence-electron chi connectivity index (χ0n) is 19.9. The number of aliphatic hydroxyl groups excluding tert-OH is 2. The van der Waals surface area contributed by atoms with Crippen LogP contribution in [0.2, 0.25) is 0 Å². The average molecular weight is 679 g/mol. The number of ether oxygens (including phenoxy) is 2. The number of nitrogens with zero attached hydrogens (tertiary/aromatic N) is 3. The summed E-state index contributed by atoms with van der Waals surface area (Å²) in [7, 11) is 0. The van der Waals surface area contributed by atoms with Gasteiger partial charge in [0.15, 0.2) is 0 Å². The summed E-state index contributed by atoms with van der Waals surface area (Å²) in [6, 6.07) is 14.0. The smallest absolute Gasteiger partial charge is 0.149 e. The third-order valence-electron chi connectivity index (χ3n) is 5.78. The first-order valence-corrected chi connectivity index (χ1v) is 13.6. The molecule has 2 atom stereocenters. The first-order chi connectivity index (χ1) is 16.6. The number of hydrogen-bond donors (Lipinski definition) is 2. The second kappa shape index (κ2) is 12.7. The predicted molar refractivity (Wildman–Crippen MR) is 148 cm³/mol. The Morgan fingerprint density at radius 2 is 1.80 bits per heavy atom. The van der Waals surface area contributed by atoms with Crippen molar-refractivity contribution in [2.45, 2.75) is 45.4 Å². The average Bonchev–Trinajstić information content (AvgIpc) is 3.20. The molecule has 2 N–H and O–H groups in total. The Balaban J connectivity index is 1.61. The van der Waals surface area contributed by atoms with Gasteiger partial charge < -0.3 is 19.7 Å². The fourth-order valence-electron chi connectivity index (χ4n) is 3.47. The van der Waals surface area contributed by atoms with Crippen molar-refractivity contribution in [2.24, 2.45) is 5.92 Å². The van der Waals surface area contributed by atoms with Crippen molar-refractivity contribution in [1.82, 2.24) is 15.0 Å². The molecule has 1 heterocycles. The fourth-order valence-corrected chi connectivity index (χ4v) is 4.60. The molecule has 0 bridgehead atoms. The third-order valence-corrected chi connectivity index (χ3v) is 7.77. The first-order valence-electron chi connectivity index (χ1n) is 11.2. The lowest BCUT2D eigenvalue weighted by Gasteiger charge is -2.27. The normalized spacial score (nSPS) is 13.5. The molecule has 3 aromatic rings. The molecule has 10 heteroatoms. The van der Waals surface area contributed by atoms with E-state index in [1.807, 2.05) is 52.9 Å². The predicted octanol–water partition coefficient (Wildman–Crippen LogP) is 5.16. The van der Waals surface area contributed by atoms with Crippen LogP contribution >= 0.6 is 50.1 Å². The van der Waals surface area contributed by atoms with E-state index < -0.39 is 6.10 Å². The number of hydrogen-bond acceptors (Lipinski definition) is 6. The van der Waals surface area contributed by atoms with Crippen LogP contribution in [0.3, 0.4) is 0 Å². The SMILES string of the molecule is C[C@@H](CCl)COc1ccc(C(C)(C)c2ccc(OC[C@@H](O)Cn3nnc(I)c3CO)cc2)cc1Br. The number of benzene rings is 2. The molecular weight excluding hydrogens is 649 g/mol. The molecule has 7 nitrogen and oxygen atoms in total. The summed E-state index contributed by atoms with van der Waals surface area (Å²) in [5, 5.41) is 27.6. The van der Waals surface area contributed by atoms with Crippen LogP contribution in [-0.4, -0.2) is 50.4 Å². The molecule has 0 saturated heterocycles. The van der Waals surface area contributed by atoms with Gasteiger partial charge in [0.2, 0.25) is 0 Å². The number of alkyl halides is 1. The zero-order chi connectivity index (χ0) is 25.6.